The molecule has 1 N–H and O–H groups in total. The van der Waals surface area contributed by atoms with Gasteiger partial charge in [0.05, 0.1) is 24.6 Å². The highest BCUT2D eigenvalue weighted by atomic mass is 32.2. The smallest absolute Gasteiger partial charge is 0.168 e. The lowest BCUT2D eigenvalue weighted by atomic mass is 10.5. The number of hydrogen-bond acceptors (Lipinski definition) is 4. The zero-order chi connectivity index (χ0) is 10.6. The Balaban J connectivity index is 2.54. The second kappa shape index (κ2) is 5.38. The fraction of sp³-hybridized carbons (Fsp3) is 0.667. The molecule has 0 bridgehead atoms. The molecular weight excluding hydrogens is 200 g/mol. The van der Waals surface area contributed by atoms with E-state index in [1.54, 1.807) is 25.1 Å². The van der Waals surface area contributed by atoms with Crippen LogP contribution in [0.4, 0.5) is 0 Å². The molecule has 14 heavy (non-hydrogen) atoms. The van der Waals surface area contributed by atoms with Gasteiger partial charge in [0, 0.05) is 19.9 Å². The van der Waals surface area contributed by atoms with E-state index in [4.69, 9.17) is 9.84 Å². The SMILES string of the molecule is COC(C)CSc1ncc(CO)n1C. The molecule has 0 saturated carbocycles. The number of methoxy groups -OCH3 is 1. The zero-order valence-corrected chi connectivity index (χ0v) is 9.54. The number of rotatable bonds is 5. The van der Waals surface area contributed by atoms with Crippen molar-refractivity contribution in [3.63, 3.8) is 0 Å². The van der Waals surface area contributed by atoms with Crippen LogP contribution in [-0.4, -0.2) is 33.6 Å². The molecule has 80 valence electrons. The summed E-state index contributed by atoms with van der Waals surface area (Å²) in [4.78, 5) is 4.20. The monoisotopic (exact) mass is 216 g/mol. The summed E-state index contributed by atoms with van der Waals surface area (Å²) in [6, 6.07) is 0. The van der Waals surface area contributed by atoms with Crippen molar-refractivity contribution >= 4 is 11.8 Å². The molecule has 1 heterocycles. The van der Waals surface area contributed by atoms with Crippen molar-refractivity contribution in [2.45, 2.75) is 24.8 Å². The first-order chi connectivity index (χ1) is 6.69. The minimum Gasteiger partial charge on any atom is -0.390 e. The van der Waals surface area contributed by atoms with E-state index in [0.717, 1.165) is 16.6 Å². The van der Waals surface area contributed by atoms with E-state index >= 15 is 0 Å². The third-order valence-corrected chi connectivity index (χ3v) is 3.33. The number of nitrogens with zero attached hydrogens (tertiary/aromatic N) is 2. The summed E-state index contributed by atoms with van der Waals surface area (Å²) in [5, 5.41) is 9.88. The van der Waals surface area contributed by atoms with E-state index in [1.807, 2.05) is 18.5 Å². The highest BCUT2D eigenvalue weighted by molar-refractivity contribution is 7.99. The molecule has 1 aromatic heterocycles. The summed E-state index contributed by atoms with van der Waals surface area (Å²) in [6.07, 6.45) is 1.91. The van der Waals surface area contributed by atoms with Gasteiger partial charge in [-0.25, -0.2) is 4.98 Å². The lowest BCUT2D eigenvalue weighted by Gasteiger charge is -2.08. The summed E-state index contributed by atoms with van der Waals surface area (Å²) >= 11 is 1.63. The van der Waals surface area contributed by atoms with Crippen molar-refractivity contribution in [2.24, 2.45) is 7.05 Å². The number of hydrogen-bond donors (Lipinski definition) is 1. The molecule has 0 aliphatic carbocycles. The summed E-state index contributed by atoms with van der Waals surface area (Å²) in [5.41, 5.74) is 0.831. The molecular formula is C9H16N2O2S. The van der Waals surface area contributed by atoms with Crippen LogP contribution >= 0.6 is 11.8 Å². The Kier molecular flexibility index (Phi) is 4.44. The van der Waals surface area contributed by atoms with Gasteiger partial charge in [0.15, 0.2) is 5.16 Å². The van der Waals surface area contributed by atoms with Gasteiger partial charge in [-0.15, -0.1) is 0 Å². The van der Waals surface area contributed by atoms with Gasteiger partial charge in [-0.3, -0.25) is 0 Å². The van der Waals surface area contributed by atoms with Crippen molar-refractivity contribution in [1.29, 1.82) is 0 Å². The van der Waals surface area contributed by atoms with Gasteiger partial charge in [0.2, 0.25) is 0 Å². The third-order valence-electron chi connectivity index (χ3n) is 2.05. The van der Waals surface area contributed by atoms with Gasteiger partial charge in [-0.05, 0) is 6.92 Å². The van der Waals surface area contributed by atoms with Crippen molar-refractivity contribution < 1.29 is 9.84 Å². The minimum absolute atomic E-state index is 0.0316. The Labute approximate surface area is 88.3 Å². The lowest BCUT2D eigenvalue weighted by molar-refractivity contribution is 0.137. The first-order valence-electron chi connectivity index (χ1n) is 4.46. The van der Waals surface area contributed by atoms with Gasteiger partial charge in [-0.2, -0.15) is 0 Å². The van der Waals surface area contributed by atoms with E-state index in [2.05, 4.69) is 4.98 Å². The topological polar surface area (TPSA) is 47.3 Å². The maximum Gasteiger partial charge on any atom is 0.168 e. The third kappa shape index (κ3) is 2.73. The number of ether oxygens (including phenoxy) is 1. The highest BCUT2D eigenvalue weighted by Gasteiger charge is 2.07. The minimum atomic E-state index is 0.0316. The van der Waals surface area contributed by atoms with Gasteiger partial charge >= 0.3 is 0 Å². The Morgan fingerprint density at radius 2 is 2.43 bits per heavy atom. The van der Waals surface area contributed by atoms with Crippen LogP contribution in [0.5, 0.6) is 0 Å². The number of aliphatic hydroxyl groups excluding tert-OH is 1. The largest absolute Gasteiger partial charge is 0.390 e. The number of aromatic nitrogens is 2. The molecule has 0 spiro atoms. The van der Waals surface area contributed by atoms with Crippen molar-refractivity contribution in [2.75, 3.05) is 12.9 Å². The fourth-order valence-corrected chi connectivity index (χ4v) is 1.92. The molecule has 0 amide bonds. The van der Waals surface area contributed by atoms with Crippen LogP contribution in [0.2, 0.25) is 0 Å². The van der Waals surface area contributed by atoms with E-state index in [9.17, 15) is 0 Å². The van der Waals surface area contributed by atoms with E-state index < -0.39 is 0 Å². The molecule has 4 nitrogen and oxygen atoms in total. The Morgan fingerprint density at radius 1 is 1.71 bits per heavy atom. The molecule has 1 unspecified atom stereocenters. The quantitative estimate of drug-likeness (QED) is 0.747. The Bertz CT molecular complexity index is 288. The number of aliphatic hydroxyl groups is 1. The predicted molar refractivity (Wildman–Crippen MR) is 56.3 cm³/mol. The van der Waals surface area contributed by atoms with Crippen LogP contribution in [-0.2, 0) is 18.4 Å². The molecule has 5 heteroatoms. The van der Waals surface area contributed by atoms with E-state index in [-0.39, 0.29) is 12.7 Å². The van der Waals surface area contributed by atoms with Crippen LogP contribution in [0.15, 0.2) is 11.4 Å². The van der Waals surface area contributed by atoms with Crippen molar-refractivity contribution in [3.05, 3.63) is 11.9 Å². The van der Waals surface area contributed by atoms with Gasteiger partial charge < -0.3 is 14.4 Å². The van der Waals surface area contributed by atoms with Crippen molar-refractivity contribution in [1.82, 2.24) is 9.55 Å². The second-order valence-electron chi connectivity index (χ2n) is 3.11. The summed E-state index contributed by atoms with van der Waals surface area (Å²) in [7, 11) is 3.60. The fourth-order valence-electron chi connectivity index (χ4n) is 0.967. The Hall–Kier alpha value is -0.520. The van der Waals surface area contributed by atoms with Crippen LogP contribution < -0.4 is 0 Å². The first kappa shape index (κ1) is 11.6. The van der Waals surface area contributed by atoms with E-state index in [0.29, 0.717) is 0 Å². The van der Waals surface area contributed by atoms with Crippen LogP contribution in [0, 0.1) is 0 Å². The second-order valence-corrected chi connectivity index (χ2v) is 4.09. The van der Waals surface area contributed by atoms with Gasteiger partial charge in [0.25, 0.3) is 0 Å². The molecule has 1 rings (SSSR count). The number of imidazole rings is 1. The van der Waals surface area contributed by atoms with Crippen LogP contribution in [0.3, 0.4) is 0 Å². The number of thioether (sulfide) groups is 1. The molecule has 0 aromatic carbocycles. The lowest BCUT2D eigenvalue weighted by Crippen LogP contribution is -2.08. The average molecular weight is 216 g/mol. The zero-order valence-electron chi connectivity index (χ0n) is 8.73. The average Bonchev–Trinajstić information content (AvgIpc) is 2.56. The highest BCUT2D eigenvalue weighted by Crippen LogP contribution is 2.18. The molecule has 0 aliphatic rings. The maximum atomic E-state index is 8.96. The molecule has 0 saturated heterocycles. The first-order valence-corrected chi connectivity index (χ1v) is 5.44. The maximum absolute atomic E-state index is 8.96. The van der Waals surface area contributed by atoms with Crippen LogP contribution in [0.1, 0.15) is 12.6 Å². The van der Waals surface area contributed by atoms with E-state index in [1.165, 1.54) is 0 Å². The molecule has 0 fully saturated rings. The molecule has 1 atom stereocenters. The Morgan fingerprint density at radius 3 is 2.93 bits per heavy atom. The van der Waals surface area contributed by atoms with Gasteiger partial charge in [0.1, 0.15) is 0 Å². The normalized spacial score (nSPS) is 13.1. The molecule has 0 radical (unpaired) electrons. The summed E-state index contributed by atoms with van der Waals surface area (Å²) in [5.74, 6) is 0.867. The predicted octanol–water partition coefficient (Wildman–Crippen LogP) is 1.04. The van der Waals surface area contributed by atoms with Gasteiger partial charge in [-0.1, -0.05) is 11.8 Å². The summed E-state index contributed by atoms with van der Waals surface area (Å²) < 4.78 is 7.03. The molecule has 1 aromatic rings. The summed E-state index contributed by atoms with van der Waals surface area (Å²) in [6.45, 7) is 2.05. The molecule has 0 aliphatic heterocycles. The van der Waals surface area contributed by atoms with Crippen LogP contribution in [0.25, 0.3) is 0 Å². The standard InChI is InChI=1S/C9H16N2O2S/c1-7(13-3)6-14-9-10-4-8(5-12)11(9)2/h4,7,12H,5-6H2,1-3H3. The van der Waals surface area contributed by atoms with Crippen molar-refractivity contribution in [3.8, 4) is 0 Å².